The third-order valence-electron chi connectivity index (χ3n) is 2.37. The number of ether oxygens (including phenoxy) is 2. The molecule has 1 aromatic rings. The Hall–Kier alpha value is -1.61. The molecule has 0 aliphatic carbocycles. The molecule has 1 atom stereocenters. The highest BCUT2D eigenvalue weighted by molar-refractivity contribution is 5.90. The molecule has 15 heavy (non-hydrogen) atoms. The first-order valence-electron chi connectivity index (χ1n) is 4.78. The summed E-state index contributed by atoms with van der Waals surface area (Å²) in [6.07, 6.45) is 1.49. The van der Waals surface area contributed by atoms with Crippen molar-refractivity contribution < 1.29 is 14.3 Å². The van der Waals surface area contributed by atoms with Gasteiger partial charge in [-0.2, -0.15) is 0 Å². The second-order valence-electron chi connectivity index (χ2n) is 3.28. The first-order chi connectivity index (χ1) is 7.33. The van der Waals surface area contributed by atoms with Crippen molar-refractivity contribution in [2.24, 2.45) is 0 Å². The minimum atomic E-state index is -0.318. The van der Waals surface area contributed by atoms with E-state index in [1.807, 2.05) is 30.3 Å². The molecule has 0 saturated carbocycles. The van der Waals surface area contributed by atoms with E-state index in [9.17, 15) is 4.79 Å². The van der Waals surface area contributed by atoms with E-state index in [-0.39, 0.29) is 12.1 Å². The molecule has 1 aliphatic rings. The number of benzene rings is 1. The van der Waals surface area contributed by atoms with E-state index in [1.165, 1.54) is 7.11 Å². The fraction of sp³-hybridized carbons (Fsp3) is 0.250. The van der Waals surface area contributed by atoms with Crippen molar-refractivity contribution in [3.63, 3.8) is 0 Å². The van der Waals surface area contributed by atoms with E-state index >= 15 is 0 Å². The van der Waals surface area contributed by atoms with Crippen LogP contribution in [0, 0.1) is 0 Å². The zero-order chi connectivity index (χ0) is 10.7. The van der Waals surface area contributed by atoms with E-state index in [4.69, 9.17) is 9.47 Å². The first-order valence-corrected chi connectivity index (χ1v) is 4.78. The van der Waals surface area contributed by atoms with Crippen molar-refractivity contribution in [3.8, 4) is 0 Å². The highest BCUT2D eigenvalue weighted by Gasteiger charge is 2.27. The van der Waals surface area contributed by atoms with Crippen LogP contribution in [0.1, 0.15) is 11.7 Å². The Bertz CT molecular complexity index is 381. The standard InChI is InChI=1S/C12H12O3/c1-14-12(13)10-7-8-15-11(10)9-5-3-2-4-6-9/h2-7,11H,8H2,1H3. The Morgan fingerprint density at radius 2 is 2.13 bits per heavy atom. The van der Waals surface area contributed by atoms with Crippen LogP contribution < -0.4 is 0 Å². The van der Waals surface area contributed by atoms with Gasteiger partial charge in [-0.25, -0.2) is 4.79 Å². The van der Waals surface area contributed by atoms with E-state index < -0.39 is 0 Å². The summed E-state index contributed by atoms with van der Waals surface area (Å²) in [5.74, 6) is -0.318. The maximum Gasteiger partial charge on any atom is 0.336 e. The van der Waals surface area contributed by atoms with Crippen molar-refractivity contribution in [1.82, 2.24) is 0 Å². The molecular formula is C12H12O3. The van der Waals surface area contributed by atoms with Gasteiger partial charge in [0.2, 0.25) is 0 Å². The topological polar surface area (TPSA) is 35.5 Å². The Balaban J connectivity index is 2.25. The maximum atomic E-state index is 11.4. The number of esters is 1. The maximum absolute atomic E-state index is 11.4. The SMILES string of the molecule is COC(=O)C1=CCOC1c1ccccc1. The lowest BCUT2D eigenvalue weighted by Crippen LogP contribution is -2.11. The van der Waals surface area contributed by atoms with Gasteiger partial charge in [-0.1, -0.05) is 30.3 Å². The van der Waals surface area contributed by atoms with Crippen LogP contribution >= 0.6 is 0 Å². The number of hydrogen-bond acceptors (Lipinski definition) is 3. The number of rotatable bonds is 2. The van der Waals surface area contributed by atoms with Crippen LogP contribution in [0.3, 0.4) is 0 Å². The van der Waals surface area contributed by atoms with Gasteiger partial charge in [-0.05, 0) is 11.6 Å². The Labute approximate surface area is 88.3 Å². The molecule has 1 unspecified atom stereocenters. The van der Waals surface area contributed by atoms with Crippen molar-refractivity contribution in [2.75, 3.05) is 13.7 Å². The summed E-state index contributed by atoms with van der Waals surface area (Å²) in [7, 11) is 1.38. The van der Waals surface area contributed by atoms with E-state index in [1.54, 1.807) is 6.08 Å². The molecule has 0 N–H and O–H groups in total. The van der Waals surface area contributed by atoms with Crippen molar-refractivity contribution in [3.05, 3.63) is 47.5 Å². The van der Waals surface area contributed by atoms with Crippen LogP contribution in [0.4, 0.5) is 0 Å². The minimum Gasteiger partial charge on any atom is -0.466 e. The largest absolute Gasteiger partial charge is 0.466 e. The number of carbonyl (C=O) groups is 1. The molecule has 0 amide bonds. The smallest absolute Gasteiger partial charge is 0.336 e. The number of carbonyl (C=O) groups excluding carboxylic acids is 1. The van der Waals surface area contributed by atoms with Gasteiger partial charge in [0.05, 0.1) is 19.3 Å². The average Bonchev–Trinajstić information content (AvgIpc) is 2.78. The molecule has 1 heterocycles. The molecule has 0 radical (unpaired) electrons. The Kier molecular flexibility index (Phi) is 2.83. The van der Waals surface area contributed by atoms with Gasteiger partial charge in [0.15, 0.2) is 0 Å². The zero-order valence-corrected chi connectivity index (χ0v) is 8.47. The van der Waals surface area contributed by atoms with E-state index in [0.29, 0.717) is 12.2 Å². The van der Waals surface area contributed by atoms with Gasteiger partial charge in [0.1, 0.15) is 6.10 Å². The molecular weight excluding hydrogens is 192 g/mol. The molecule has 0 spiro atoms. The van der Waals surface area contributed by atoms with E-state index in [2.05, 4.69) is 0 Å². The van der Waals surface area contributed by atoms with Gasteiger partial charge in [-0.3, -0.25) is 0 Å². The van der Waals surface area contributed by atoms with Gasteiger partial charge >= 0.3 is 5.97 Å². The lowest BCUT2D eigenvalue weighted by molar-refractivity contribution is -0.137. The van der Waals surface area contributed by atoms with Crippen molar-refractivity contribution in [1.29, 1.82) is 0 Å². The second-order valence-corrected chi connectivity index (χ2v) is 3.28. The lowest BCUT2D eigenvalue weighted by atomic mass is 10.0. The van der Waals surface area contributed by atoms with Crippen LogP contribution in [0.15, 0.2) is 42.0 Å². The van der Waals surface area contributed by atoms with Crippen molar-refractivity contribution >= 4 is 5.97 Å². The van der Waals surface area contributed by atoms with Crippen LogP contribution in [0.5, 0.6) is 0 Å². The summed E-state index contributed by atoms with van der Waals surface area (Å²) in [6.45, 7) is 0.462. The molecule has 0 fully saturated rings. The molecule has 2 rings (SSSR count). The summed E-state index contributed by atoms with van der Waals surface area (Å²) in [5, 5.41) is 0. The van der Waals surface area contributed by atoms with Crippen LogP contribution in [-0.2, 0) is 14.3 Å². The Morgan fingerprint density at radius 1 is 1.40 bits per heavy atom. The predicted octanol–water partition coefficient (Wildman–Crippen LogP) is 1.86. The molecule has 3 heteroatoms. The van der Waals surface area contributed by atoms with Crippen LogP contribution in [0.2, 0.25) is 0 Å². The molecule has 1 aliphatic heterocycles. The number of methoxy groups -OCH3 is 1. The van der Waals surface area contributed by atoms with Gasteiger partial charge < -0.3 is 9.47 Å². The third-order valence-corrected chi connectivity index (χ3v) is 2.37. The van der Waals surface area contributed by atoms with Gasteiger partial charge in [-0.15, -0.1) is 0 Å². The van der Waals surface area contributed by atoms with Gasteiger partial charge in [0, 0.05) is 0 Å². The average molecular weight is 204 g/mol. The monoisotopic (exact) mass is 204 g/mol. The third kappa shape index (κ3) is 1.92. The molecule has 0 aromatic heterocycles. The predicted molar refractivity (Wildman–Crippen MR) is 55.2 cm³/mol. The second kappa shape index (κ2) is 4.28. The van der Waals surface area contributed by atoms with Crippen LogP contribution in [0.25, 0.3) is 0 Å². The Morgan fingerprint density at radius 3 is 2.80 bits per heavy atom. The molecule has 0 bridgehead atoms. The number of hydrogen-bond donors (Lipinski definition) is 0. The summed E-state index contributed by atoms with van der Waals surface area (Å²) in [4.78, 5) is 11.4. The normalized spacial score (nSPS) is 19.8. The van der Waals surface area contributed by atoms with Crippen LogP contribution in [-0.4, -0.2) is 19.7 Å². The first kappa shape index (κ1) is 9.93. The summed E-state index contributed by atoms with van der Waals surface area (Å²) >= 11 is 0. The molecule has 0 saturated heterocycles. The van der Waals surface area contributed by atoms with E-state index in [0.717, 1.165) is 5.56 Å². The summed E-state index contributed by atoms with van der Waals surface area (Å²) in [6, 6.07) is 9.65. The van der Waals surface area contributed by atoms with Gasteiger partial charge in [0.25, 0.3) is 0 Å². The minimum absolute atomic E-state index is 0.279. The fourth-order valence-corrected chi connectivity index (χ4v) is 1.64. The summed E-state index contributed by atoms with van der Waals surface area (Å²) < 4.78 is 10.2. The van der Waals surface area contributed by atoms with Crippen molar-refractivity contribution in [2.45, 2.75) is 6.10 Å². The highest BCUT2D eigenvalue weighted by atomic mass is 16.5. The molecule has 3 nitrogen and oxygen atoms in total. The molecule has 1 aromatic carbocycles. The zero-order valence-electron chi connectivity index (χ0n) is 8.47. The quantitative estimate of drug-likeness (QED) is 0.690. The fourth-order valence-electron chi connectivity index (χ4n) is 1.64. The molecule has 78 valence electrons. The summed E-state index contributed by atoms with van der Waals surface area (Å²) in [5.41, 5.74) is 1.57. The lowest BCUT2D eigenvalue weighted by Gasteiger charge is -2.13. The highest BCUT2D eigenvalue weighted by Crippen LogP contribution is 2.30.